The Morgan fingerprint density at radius 1 is 1.00 bits per heavy atom. The van der Waals surface area contributed by atoms with Crippen LogP contribution in [0.15, 0.2) is 4.52 Å². The number of rotatable bonds is 6. The molecule has 3 nitrogen and oxygen atoms in total. The summed E-state index contributed by atoms with van der Waals surface area (Å²) in [4.78, 5) is 2.38. The highest BCUT2D eigenvalue weighted by atomic mass is 35.9. The van der Waals surface area contributed by atoms with E-state index in [4.69, 9.17) is 68.0 Å². The molecular weight excluding hydrogens is 420 g/mol. The number of hydrogen-bond acceptors (Lipinski definition) is 3. The second-order valence-corrected chi connectivity index (χ2v) is 12.8. The average Bonchev–Trinajstić information content (AvgIpc) is 2.30. The van der Waals surface area contributed by atoms with Crippen LogP contribution in [-0.2, 0) is 0 Å². The first-order valence-electron chi connectivity index (χ1n) is 4.95. The van der Waals surface area contributed by atoms with Crippen LogP contribution < -0.4 is 0 Å². The first kappa shape index (κ1) is 23.0. The molecule has 0 amide bonds. The number of nitrogens with zero attached hydrogens (tertiary/aromatic N) is 3. The predicted molar refractivity (Wildman–Crippen MR) is 95.0 cm³/mol. The van der Waals surface area contributed by atoms with E-state index in [2.05, 4.69) is 30.2 Å². The van der Waals surface area contributed by atoms with Crippen LogP contribution in [0, 0.1) is 0 Å². The van der Waals surface area contributed by atoms with E-state index in [9.17, 15) is 0 Å². The van der Waals surface area contributed by atoms with Crippen LogP contribution in [0.3, 0.4) is 0 Å². The maximum absolute atomic E-state index is 5.62. The third-order valence-electron chi connectivity index (χ3n) is 1.76. The molecule has 0 aromatic heterocycles. The van der Waals surface area contributed by atoms with Gasteiger partial charge in [-0.1, -0.05) is 65.7 Å². The summed E-state index contributed by atoms with van der Waals surface area (Å²) in [5.74, 6) is 0. The Morgan fingerprint density at radius 3 is 1.56 bits per heavy atom. The smallest absolute Gasteiger partial charge is 0.209 e. The SMILES string of the molecule is CCN(CC)CC.ClN(P(Cl)Cl)P(Cl)N=[PH](Cl)Cl. The van der Waals surface area contributed by atoms with Gasteiger partial charge in [-0.25, -0.2) is 4.52 Å². The molecule has 0 N–H and O–H groups in total. The molecule has 18 heavy (non-hydrogen) atoms. The molecule has 0 aliphatic heterocycles. The van der Waals surface area contributed by atoms with Crippen molar-refractivity contribution in [3.63, 3.8) is 0 Å². The standard InChI is InChI=1S/C6H15N.Cl6HN2P3/c1-4-7(5-2)6-3;1-8(10(4)5)11(6)7-9(2)3/h4-6H2,1-3H3;9H. The molecule has 0 heterocycles. The van der Waals surface area contributed by atoms with Crippen LogP contribution in [0.25, 0.3) is 0 Å². The van der Waals surface area contributed by atoms with Gasteiger partial charge in [-0.15, -0.1) is 3.96 Å². The molecule has 1 atom stereocenters. The summed E-state index contributed by atoms with van der Waals surface area (Å²) in [5.41, 5.74) is 0. The van der Waals surface area contributed by atoms with E-state index in [0.717, 1.165) is 3.96 Å². The normalized spacial score (nSPS) is 12.9. The summed E-state index contributed by atoms with van der Waals surface area (Å²) >= 11 is 32.8. The summed E-state index contributed by atoms with van der Waals surface area (Å²) in [7, 11) is -1.48. The second kappa shape index (κ2) is 14.7. The predicted octanol–water partition coefficient (Wildman–Crippen LogP) is 7.67. The molecule has 0 rings (SSSR count). The Balaban J connectivity index is 0. The average molecular weight is 436 g/mol. The Kier molecular flexibility index (Phi) is 18.8. The molecule has 1 unspecified atom stereocenters. The van der Waals surface area contributed by atoms with E-state index in [1.54, 1.807) is 0 Å². The highest BCUT2D eigenvalue weighted by Crippen LogP contribution is 2.69. The van der Waals surface area contributed by atoms with E-state index < -0.39 is 20.8 Å². The lowest BCUT2D eigenvalue weighted by atomic mass is 10.5. The van der Waals surface area contributed by atoms with Crippen molar-refractivity contribution in [1.29, 1.82) is 0 Å². The zero-order chi connectivity index (χ0) is 14.7. The molecule has 0 bridgehead atoms. The molecule has 0 aliphatic rings. The van der Waals surface area contributed by atoms with Crippen molar-refractivity contribution < 1.29 is 0 Å². The van der Waals surface area contributed by atoms with Gasteiger partial charge in [0.1, 0.15) is 6.42 Å². The fraction of sp³-hybridized carbons (Fsp3) is 1.00. The minimum atomic E-state index is -1.78. The molecule has 0 aromatic rings. The topological polar surface area (TPSA) is 18.8 Å². The van der Waals surface area contributed by atoms with Gasteiger partial charge in [-0.3, -0.25) is 0 Å². The van der Waals surface area contributed by atoms with Crippen LogP contribution in [0.2, 0.25) is 0 Å². The van der Waals surface area contributed by atoms with Crippen molar-refractivity contribution in [2.45, 2.75) is 20.8 Å². The zero-order valence-electron chi connectivity index (χ0n) is 10.1. The molecule has 112 valence electrons. The quantitative estimate of drug-likeness (QED) is 0.315. The molecule has 12 heteroatoms. The first-order valence-corrected chi connectivity index (χ1v) is 14.0. The van der Waals surface area contributed by atoms with E-state index in [-0.39, 0.29) is 0 Å². The molecule has 0 aliphatic carbocycles. The lowest BCUT2D eigenvalue weighted by Crippen LogP contribution is -2.21. The van der Waals surface area contributed by atoms with E-state index in [1.807, 2.05) is 0 Å². The molecule has 0 radical (unpaired) electrons. The van der Waals surface area contributed by atoms with Crippen LogP contribution in [0.1, 0.15) is 20.8 Å². The van der Waals surface area contributed by atoms with Gasteiger partial charge in [0.25, 0.3) is 0 Å². The fourth-order valence-electron chi connectivity index (χ4n) is 0.826. The first-order chi connectivity index (χ1) is 8.29. The zero-order valence-corrected chi connectivity index (χ0v) is 17.4. The Morgan fingerprint density at radius 2 is 1.39 bits per heavy atom. The van der Waals surface area contributed by atoms with Gasteiger partial charge in [-0.05, 0) is 42.7 Å². The van der Waals surface area contributed by atoms with Crippen LogP contribution in [-0.4, -0.2) is 28.5 Å². The highest BCUT2D eigenvalue weighted by Gasteiger charge is 2.20. The van der Waals surface area contributed by atoms with Crippen molar-refractivity contribution in [3.05, 3.63) is 0 Å². The van der Waals surface area contributed by atoms with E-state index >= 15 is 0 Å². The highest BCUT2D eigenvalue weighted by molar-refractivity contribution is 8.09. The second-order valence-electron chi connectivity index (χ2n) is 2.66. The van der Waals surface area contributed by atoms with Crippen LogP contribution in [0.4, 0.5) is 0 Å². The largest absolute Gasteiger partial charge is 0.304 e. The van der Waals surface area contributed by atoms with Gasteiger partial charge < -0.3 is 4.90 Å². The minimum Gasteiger partial charge on any atom is -0.304 e. The molecular formula is C6H16Cl6N3P3. The maximum atomic E-state index is 5.62. The minimum absolute atomic E-state index is 1.02. The molecule has 0 fully saturated rings. The van der Waals surface area contributed by atoms with Gasteiger partial charge in [0.2, 0.25) is 7.58 Å². The molecule has 0 aromatic carbocycles. The summed E-state index contributed by atoms with van der Waals surface area (Å²) in [6.07, 6.45) is -1.78. The fourth-order valence-corrected chi connectivity index (χ4v) is 7.78. The molecule has 0 saturated heterocycles. The van der Waals surface area contributed by atoms with Gasteiger partial charge in [0.05, 0.1) is 0 Å². The van der Waals surface area contributed by atoms with E-state index in [0.29, 0.717) is 0 Å². The van der Waals surface area contributed by atoms with Crippen molar-refractivity contribution in [3.8, 4) is 0 Å². The number of hydrogen-bond donors (Lipinski definition) is 0. The maximum Gasteiger partial charge on any atom is 0.209 e. The molecule has 0 saturated carbocycles. The lowest BCUT2D eigenvalue weighted by Gasteiger charge is -2.14. The Hall–Kier alpha value is 2.75. The summed E-state index contributed by atoms with van der Waals surface area (Å²) in [6, 6.07) is 0. The monoisotopic (exact) mass is 433 g/mol. The van der Waals surface area contributed by atoms with Gasteiger partial charge in [-0.2, -0.15) is 0 Å². The van der Waals surface area contributed by atoms with Crippen molar-refractivity contribution >= 4 is 88.8 Å². The van der Waals surface area contributed by atoms with Crippen molar-refractivity contribution in [2.24, 2.45) is 4.52 Å². The van der Waals surface area contributed by atoms with E-state index in [1.165, 1.54) is 19.6 Å². The van der Waals surface area contributed by atoms with Crippen LogP contribution in [0.5, 0.6) is 0 Å². The molecule has 0 spiro atoms. The number of halogens is 6. The Bertz CT molecular complexity index is 221. The summed E-state index contributed by atoms with van der Waals surface area (Å²) < 4.78 is 4.72. The van der Waals surface area contributed by atoms with Crippen LogP contribution >= 0.6 is 88.8 Å². The summed E-state index contributed by atoms with van der Waals surface area (Å²) in [5, 5.41) is 0. The van der Waals surface area contributed by atoms with Crippen molar-refractivity contribution in [2.75, 3.05) is 19.6 Å². The Labute approximate surface area is 142 Å². The van der Waals surface area contributed by atoms with Gasteiger partial charge in [0, 0.05) is 0 Å². The lowest BCUT2D eigenvalue weighted by molar-refractivity contribution is 0.321. The third kappa shape index (κ3) is 13.7. The third-order valence-corrected chi connectivity index (χ3v) is 10.5. The van der Waals surface area contributed by atoms with Gasteiger partial charge in [0.15, 0.2) is 6.78 Å². The van der Waals surface area contributed by atoms with Crippen molar-refractivity contribution in [1.82, 2.24) is 8.86 Å². The van der Waals surface area contributed by atoms with Gasteiger partial charge >= 0.3 is 0 Å². The summed E-state index contributed by atoms with van der Waals surface area (Å²) in [6.45, 7) is 8.64.